The third-order valence-corrected chi connectivity index (χ3v) is 2.84. The highest BCUT2D eigenvalue weighted by atomic mass is 19.4. The second-order valence-corrected chi connectivity index (χ2v) is 4.62. The van der Waals surface area contributed by atoms with E-state index in [0.29, 0.717) is 0 Å². The van der Waals surface area contributed by atoms with E-state index in [9.17, 15) is 22.4 Å². The molecule has 1 amide bonds. The molecule has 8 heteroatoms. The Morgan fingerprint density at radius 2 is 1.79 bits per heavy atom. The van der Waals surface area contributed by atoms with E-state index < -0.39 is 30.1 Å². The molecule has 0 spiro atoms. The molecule has 2 aromatic carbocycles. The first-order chi connectivity index (χ1) is 11.4. The highest BCUT2D eigenvalue weighted by molar-refractivity contribution is 5.84. The van der Waals surface area contributed by atoms with Crippen LogP contribution in [-0.2, 0) is 11.0 Å². The molecule has 0 bridgehead atoms. The molecule has 0 aliphatic heterocycles. The molecule has 0 aromatic heterocycles. The summed E-state index contributed by atoms with van der Waals surface area (Å²) in [4.78, 5) is 11.5. The number of ether oxygens (including phenoxy) is 1. The second-order valence-electron chi connectivity index (χ2n) is 4.62. The smallest absolute Gasteiger partial charge is 0.417 e. The number of rotatable bonds is 5. The summed E-state index contributed by atoms with van der Waals surface area (Å²) in [5.41, 5.74) is 1.02. The molecule has 1 N–H and O–H groups in total. The SMILES string of the molecule is O=C(COc1ccc(F)cc1)N/N=C\c1ccccc1C(F)(F)F. The molecule has 0 aliphatic rings. The summed E-state index contributed by atoms with van der Waals surface area (Å²) in [6.07, 6.45) is -3.61. The van der Waals surface area contributed by atoms with Gasteiger partial charge < -0.3 is 4.74 Å². The lowest BCUT2D eigenvalue weighted by molar-refractivity contribution is -0.137. The molecule has 0 saturated carbocycles. The number of carbonyl (C=O) groups is 1. The van der Waals surface area contributed by atoms with Gasteiger partial charge in [-0.1, -0.05) is 18.2 Å². The summed E-state index contributed by atoms with van der Waals surface area (Å²) >= 11 is 0. The van der Waals surface area contributed by atoms with Gasteiger partial charge in [-0.3, -0.25) is 4.79 Å². The standard InChI is InChI=1S/C16H12F4N2O2/c17-12-5-7-13(8-6-12)24-10-15(23)22-21-9-11-3-1-2-4-14(11)16(18,19)20/h1-9H,10H2,(H,22,23)/b21-9-. The van der Waals surface area contributed by atoms with Crippen LogP contribution in [-0.4, -0.2) is 18.7 Å². The molecule has 0 atom stereocenters. The van der Waals surface area contributed by atoms with Gasteiger partial charge in [-0.15, -0.1) is 0 Å². The fourth-order valence-electron chi connectivity index (χ4n) is 1.75. The van der Waals surface area contributed by atoms with Gasteiger partial charge in [0.2, 0.25) is 0 Å². The summed E-state index contributed by atoms with van der Waals surface area (Å²) in [7, 11) is 0. The predicted octanol–water partition coefficient (Wildman–Crippen LogP) is 3.37. The quantitative estimate of drug-likeness (QED) is 0.515. The highest BCUT2D eigenvalue weighted by Gasteiger charge is 2.32. The molecule has 0 aliphatic carbocycles. The van der Waals surface area contributed by atoms with Crippen LogP contribution in [0.1, 0.15) is 11.1 Å². The van der Waals surface area contributed by atoms with E-state index in [4.69, 9.17) is 4.74 Å². The number of nitrogens with one attached hydrogen (secondary N) is 1. The molecule has 4 nitrogen and oxygen atoms in total. The average Bonchev–Trinajstić information content (AvgIpc) is 2.54. The maximum Gasteiger partial charge on any atom is 0.417 e. The van der Waals surface area contributed by atoms with Gasteiger partial charge in [0.25, 0.3) is 5.91 Å². The summed E-state index contributed by atoms with van der Waals surface area (Å²) in [5, 5.41) is 3.48. The second kappa shape index (κ2) is 7.58. The summed E-state index contributed by atoms with van der Waals surface area (Å²) in [6.45, 7) is -0.413. The van der Waals surface area contributed by atoms with Gasteiger partial charge in [-0.2, -0.15) is 18.3 Å². The van der Waals surface area contributed by atoms with Crippen LogP contribution in [0, 0.1) is 5.82 Å². The fraction of sp³-hybridized carbons (Fsp3) is 0.125. The lowest BCUT2D eigenvalue weighted by atomic mass is 10.1. The number of alkyl halides is 3. The van der Waals surface area contributed by atoms with Crippen molar-refractivity contribution in [1.82, 2.24) is 5.43 Å². The first kappa shape index (κ1) is 17.5. The molecule has 0 fully saturated rings. The van der Waals surface area contributed by atoms with Gasteiger partial charge >= 0.3 is 6.18 Å². The molecule has 0 heterocycles. The van der Waals surface area contributed by atoms with Gasteiger partial charge in [0.05, 0.1) is 11.8 Å². The van der Waals surface area contributed by atoms with E-state index in [1.165, 1.54) is 42.5 Å². The molecule has 126 valence electrons. The minimum atomic E-state index is -4.52. The maximum absolute atomic E-state index is 12.8. The third-order valence-electron chi connectivity index (χ3n) is 2.84. The zero-order valence-electron chi connectivity index (χ0n) is 12.2. The van der Waals surface area contributed by atoms with Gasteiger partial charge in [-0.25, -0.2) is 9.82 Å². The van der Waals surface area contributed by atoms with Crippen molar-refractivity contribution in [2.75, 3.05) is 6.61 Å². The number of benzene rings is 2. The topological polar surface area (TPSA) is 50.7 Å². The number of hydrogen-bond donors (Lipinski definition) is 1. The van der Waals surface area contributed by atoms with E-state index in [2.05, 4.69) is 10.5 Å². The average molecular weight is 340 g/mol. The molecule has 0 saturated heterocycles. The van der Waals surface area contributed by atoms with Crippen molar-refractivity contribution in [2.45, 2.75) is 6.18 Å². The van der Waals surface area contributed by atoms with Crippen LogP contribution in [0.5, 0.6) is 5.75 Å². The summed E-state index contributed by atoms with van der Waals surface area (Å²) < 4.78 is 56.1. The van der Waals surface area contributed by atoms with Crippen LogP contribution in [0.15, 0.2) is 53.6 Å². The predicted molar refractivity (Wildman–Crippen MR) is 79.1 cm³/mol. The zero-order chi connectivity index (χ0) is 17.6. The molecule has 0 unspecified atom stereocenters. The van der Waals surface area contributed by atoms with E-state index >= 15 is 0 Å². The Morgan fingerprint density at radius 3 is 2.46 bits per heavy atom. The molecular formula is C16H12F4N2O2. The van der Waals surface area contributed by atoms with Crippen molar-refractivity contribution in [3.63, 3.8) is 0 Å². The molecule has 0 radical (unpaired) electrons. The Morgan fingerprint density at radius 1 is 1.12 bits per heavy atom. The van der Waals surface area contributed by atoms with E-state index in [1.54, 1.807) is 0 Å². The Bertz CT molecular complexity index is 728. The van der Waals surface area contributed by atoms with Gasteiger partial charge in [0.1, 0.15) is 11.6 Å². The number of nitrogens with zero attached hydrogens (tertiary/aromatic N) is 1. The van der Waals surface area contributed by atoms with Crippen LogP contribution in [0.3, 0.4) is 0 Å². The van der Waals surface area contributed by atoms with Crippen LogP contribution < -0.4 is 10.2 Å². The lowest BCUT2D eigenvalue weighted by Gasteiger charge is -2.09. The van der Waals surface area contributed by atoms with E-state index in [1.807, 2.05) is 0 Å². The van der Waals surface area contributed by atoms with Crippen LogP contribution in [0.4, 0.5) is 17.6 Å². The zero-order valence-corrected chi connectivity index (χ0v) is 12.2. The Labute approximate surface area is 134 Å². The number of hydrazone groups is 1. The largest absolute Gasteiger partial charge is 0.484 e. The molecule has 24 heavy (non-hydrogen) atoms. The van der Waals surface area contributed by atoms with Crippen LogP contribution in [0.2, 0.25) is 0 Å². The maximum atomic E-state index is 12.8. The molecule has 2 rings (SSSR count). The normalized spacial score (nSPS) is 11.5. The van der Waals surface area contributed by atoms with E-state index in [0.717, 1.165) is 12.3 Å². The minimum Gasteiger partial charge on any atom is -0.484 e. The number of halogens is 4. The van der Waals surface area contributed by atoms with Crippen LogP contribution >= 0.6 is 0 Å². The van der Waals surface area contributed by atoms with Gasteiger partial charge in [0.15, 0.2) is 6.61 Å². The van der Waals surface area contributed by atoms with Crippen molar-refractivity contribution < 1.29 is 27.1 Å². The number of hydrogen-bond acceptors (Lipinski definition) is 3. The number of amides is 1. The molecular weight excluding hydrogens is 328 g/mol. The monoisotopic (exact) mass is 340 g/mol. The van der Waals surface area contributed by atoms with Crippen LogP contribution in [0.25, 0.3) is 0 Å². The lowest BCUT2D eigenvalue weighted by Crippen LogP contribution is -2.24. The first-order valence-electron chi connectivity index (χ1n) is 6.73. The van der Waals surface area contributed by atoms with Crippen molar-refractivity contribution in [3.05, 3.63) is 65.5 Å². The summed E-state index contributed by atoms with van der Waals surface area (Å²) in [5.74, 6) is -0.835. The van der Waals surface area contributed by atoms with Crippen molar-refractivity contribution >= 4 is 12.1 Å². The van der Waals surface area contributed by atoms with E-state index in [-0.39, 0.29) is 11.3 Å². The minimum absolute atomic E-state index is 0.176. The summed E-state index contributed by atoms with van der Waals surface area (Å²) in [6, 6.07) is 9.84. The van der Waals surface area contributed by atoms with Crippen molar-refractivity contribution in [3.8, 4) is 5.75 Å². The third kappa shape index (κ3) is 5.08. The van der Waals surface area contributed by atoms with Crippen molar-refractivity contribution in [2.24, 2.45) is 5.10 Å². The fourth-order valence-corrected chi connectivity index (χ4v) is 1.75. The first-order valence-corrected chi connectivity index (χ1v) is 6.73. The van der Waals surface area contributed by atoms with Crippen molar-refractivity contribution in [1.29, 1.82) is 0 Å². The number of carbonyl (C=O) groups excluding carboxylic acids is 1. The van der Waals surface area contributed by atoms with Gasteiger partial charge in [-0.05, 0) is 30.3 Å². The Hall–Kier alpha value is -2.90. The highest BCUT2D eigenvalue weighted by Crippen LogP contribution is 2.30. The Kier molecular flexibility index (Phi) is 5.51. The van der Waals surface area contributed by atoms with Gasteiger partial charge in [0, 0.05) is 5.56 Å². The molecule has 2 aromatic rings. The Balaban J connectivity index is 1.90.